The first-order chi connectivity index (χ1) is 14.5. The second-order valence-corrected chi connectivity index (χ2v) is 11.6. The van der Waals surface area contributed by atoms with Crippen LogP contribution in [0.15, 0.2) is 47.5 Å². The van der Waals surface area contributed by atoms with Gasteiger partial charge in [-0.25, -0.2) is 9.78 Å². The van der Waals surface area contributed by atoms with Crippen molar-refractivity contribution in [1.29, 1.82) is 0 Å². The third-order valence-corrected chi connectivity index (χ3v) is 6.34. The fourth-order valence-electron chi connectivity index (χ4n) is 3.68. The maximum atomic E-state index is 13.0. The third kappa shape index (κ3) is 7.27. The SMILES string of the molecule is CC(C)(C)CCC1Cc2nc(SCc3ccccc3)ccc2CN1C(=O)OC(C)(C)C. The van der Waals surface area contributed by atoms with Gasteiger partial charge in [-0.2, -0.15) is 0 Å². The second kappa shape index (κ2) is 9.64. The predicted octanol–water partition coefficient (Wildman–Crippen LogP) is 6.86. The van der Waals surface area contributed by atoms with Gasteiger partial charge in [0.25, 0.3) is 0 Å². The highest BCUT2D eigenvalue weighted by Crippen LogP contribution is 2.32. The second-order valence-electron chi connectivity index (χ2n) is 10.6. The van der Waals surface area contributed by atoms with Crippen molar-refractivity contribution in [3.63, 3.8) is 0 Å². The highest BCUT2D eigenvalue weighted by Gasteiger charge is 2.34. The number of carbonyl (C=O) groups is 1. The summed E-state index contributed by atoms with van der Waals surface area (Å²) in [5.41, 5.74) is 3.27. The molecule has 0 bridgehead atoms. The third-order valence-electron chi connectivity index (χ3n) is 5.34. The van der Waals surface area contributed by atoms with Gasteiger partial charge in [0.15, 0.2) is 0 Å². The number of carbonyl (C=O) groups excluding carboxylic acids is 1. The van der Waals surface area contributed by atoms with Gasteiger partial charge >= 0.3 is 6.09 Å². The number of fused-ring (bicyclic) bond motifs is 1. The Morgan fingerprint density at radius 2 is 1.81 bits per heavy atom. The Bertz CT molecular complexity index is 885. The van der Waals surface area contributed by atoms with Gasteiger partial charge in [0.05, 0.1) is 11.6 Å². The lowest BCUT2D eigenvalue weighted by Crippen LogP contribution is -2.47. The van der Waals surface area contributed by atoms with Gasteiger partial charge < -0.3 is 9.64 Å². The van der Waals surface area contributed by atoms with Crippen molar-refractivity contribution in [3.05, 3.63) is 59.3 Å². The Morgan fingerprint density at radius 1 is 1.10 bits per heavy atom. The van der Waals surface area contributed by atoms with Gasteiger partial charge in [-0.1, -0.05) is 57.2 Å². The molecule has 1 unspecified atom stereocenters. The smallest absolute Gasteiger partial charge is 0.410 e. The van der Waals surface area contributed by atoms with E-state index in [2.05, 4.69) is 57.2 Å². The van der Waals surface area contributed by atoms with Crippen molar-refractivity contribution < 1.29 is 9.53 Å². The summed E-state index contributed by atoms with van der Waals surface area (Å²) in [6.07, 6.45) is 2.56. The topological polar surface area (TPSA) is 42.4 Å². The van der Waals surface area contributed by atoms with Crippen molar-refractivity contribution in [2.24, 2.45) is 5.41 Å². The summed E-state index contributed by atoms with van der Waals surface area (Å²) < 4.78 is 5.73. The molecule has 168 valence electrons. The average molecular weight is 441 g/mol. The van der Waals surface area contributed by atoms with E-state index in [4.69, 9.17) is 9.72 Å². The number of benzene rings is 1. The van der Waals surface area contributed by atoms with Crippen LogP contribution in [0.4, 0.5) is 4.79 Å². The lowest BCUT2D eigenvalue weighted by Gasteiger charge is -2.38. The summed E-state index contributed by atoms with van der Waals surface area (Å²) in [5, 5.41) is 1.04. The van der Waals surface area contributed by atoms with Gasteiger partial charge in [0.1, 0.15) is 5.60 Å². The van der Waals surface area contributed by atoms with Crippen molar-refractivity contribution in [2.45, 2.75) is 89.8 Å². The van der Waals surface area contributed by atoms with Crippen LogP contribution in [0.3, 0.4) is 0 Å². The van der Waals surface area contributed by atoms with E-state index in [1.54, 1.807) is 11.8 Å². The number of hydrogen-bond acceptors (Lipinski definition) is 4. The van der Waals surface area contributed by atoms with Crippen LogP contribution >= 0.6 is 11.8 Å². The molecule has 0 aliphatic carbocycles. The molecule has 0 saturated carbocycles. The largest absolute Gasteiger partial charge is 0.444 e. The molecule has 3 rings (SSSR count). The monoisotopic (exact) mass is 440 g/mol. The minimum atomic E-state index is -0.498. The number of thioether (sulfide) groups is 1. The Morgan fingerprint density at radius 3 is 2.45 bits per heavy atom. The molecule has 0 fully saturated rings. The Hall–Kier alpha value is -2.01. The Balaban J connectivity index is 1.76. The molecular formula is C26H36N2O2S. The van der Waals surface area contributed by atoms with Gasteiger partial charge in [-0.15, -0.1) is 11.8 Å². The molecule has 0 radical (unpaired) electrons. The van der Waals surface area contributed by atoms with Crippen molar-refractivity contribution in [3.8, 4) is 0 Å². The standard InChI is InChI=1S/C26H36N2O2S/c1-25(2,3)15-14-21-16-22-20(17-28(21)24(29)30-26(4,5)6)12-13-23(27-22)31-18-19-10-8-7-9-11-19/h7-13,21H,14-18H2,1-6H3. The van der Waals surface area contributed by atoms with Crippen LogP contribution in [0.1, 0.15) is 71.2 Å². The molecule has 1 atom stereocenters. The Kier molecular flexibility index (Phi) is 7.35. The van der Waals surface area contributed by atoms with Crippen molar-refractivity contribution in [1.82, 2.24) is 9.88 Å². The maximum Gasteiger partial charge on any atom is 0.410 e. The summed E-state index contributed by atoms with van der Waals surface area (Å²) in [5.74, 6) is 0.907. The lowest BCUT2D eigenvalue weighted by molar-refractivity contribution is 0.00953. The molecule has 4 nitrogen and oxygen atoms in total. The van der Waals surface area contributed by atoms with Gasteiger partial charge in [-0.05, 0) is 56.2 Å². The molecule has 0 saturated heterocycles. The average Bonchev–Trinajstić information content (AvgIpc) is 2.68. The first-order valence-electron chi connectivity index (χ1n) is 11.2. The molecule has 0 N–H and O–H groups in total. The minimum Gasteiger partial charge on any atom is -0.444 e. The predicted molar refractivity (Wildman–Crippen MR) is 128 cm³/mol. The number of aromatic nitrogens is 1. The van der Waals surface area contributed by atoms with Gasteiger partial charge in [0.2, 0.25) is 0 Å². The molecule has 1 amide bonds. The molecule has 5 heteroatoms. The number of nitrogens with zero attached hydrogens (tertiary/aromatic N) is 2. The van der Waals surface area contributed by atoms with Crippen molar-refractivity contribution >= 4 is 17.9 Å². The molecule has 2 heterocycles. The summed E-state index contributed by atoms with van der Waals surface area (Å²) in [6, 6.07) is 14.8. The van der Waals surface area contributed by atoms with E-state index in [0.29, 0.717) is 6.54 Å². The summed E-state index contributed by atoms with van der Waals surface area (Å²) in [7, 11) is 0. The first kappa shape index (κ1) is 23.6. The van der Waals surface area contributed by atoms with E-state index in [-0.39, 0.29) is 17.6 Å². The van der Waals surface area contributed by atoms with Crippen LogP contribution in [0.25, 0.3) is 0 Å². The lowest BCUT2D eigenvalue weighted by atomic mass is 9.86. The van der Waals surface area contributed by atoms with Crippen LogP contribution in [-0.4, -0.2) is 27.6 Å². The molecule has 0 spiro atoms. The highest BCUT2D eigenvalue weighted by molar-refractivity contribution is 7.98. The van der Waals surface area contributed by atoms with Crippen LogP contribution in [-0.2, 0) is 23.5 Å². The van der Waals surface area contributed by atoms with Crippen LogP contribution < -0.4 is 0 Å². The maximum absolute atomic E-state index is 13.0. The molecule has 2 aromatic rings. The molecule has 1 aromatic heterocycles. The number of rotatable bonds is 5. The van der Waals surface area contributed by atoms with Crippen LogP contribution in [0.2, 0.25) is 0 Å². The minimum absolute atomic E-state index is 0.114. The van der Waals surface area contributed by atoms with E-state index in [0.717, 1.165) is 41.3 Å². The summed E-state index contributed by atoms with van der Waals surface area (Å²) in [4.78, 5) is 19.9. The Labute approximate surface area is 191 Å². The fraction of sp³-hybridized carbons (Fsp3) is 0.538. The van der Waals surface area contributed by atoms with Gasteiger partial charge in [-0.3, -0.25) is 0 Å². The van der Waals surface area contributed by atoms with E-state index in [1.807, 2.05) is 31.7 Å². The molecule has 31 heavy (non-hydrogen) atoms. The van der Waals surface area contributed by atoms with Crippen LogP contribution in [0.5, 0.6) is 0 Å². The van der Waals surface area contributed by atoms with E-state index >= 15 is 0 Å². The summed E-state index contributed by atoms with van der Waals surface area (Å²) in [6.45, 7) is 13.1. The van der Waals surface area contributed by atoms with Crippen LogP contribution in [0, 0.1) is 5.41 Å². The number of hydrogen-bond donors (Lipinski definition) is 0. The van der Waals surface area contributed by atoms with E-state index in [1.165, 1.54) is 5.56 Å². The first-order valence-corrected chi connectivity index (χ1v) is 12.1. The normalized spacial score (nSPS) is 16.7. The molecule has 1 aliphatic heterocycles. The van der Waals surface area contributed by atoms with E-state index in [9.17, 15) is 4.79 Å². The fourth-order valence-corrected chi connectivity index (χ4v) is 4.53. The zero-order valence-corrected chi connectivity index (χ0v) is 20.6. The highest BCUT2D eigenvalue weighted by atomic mass is 32.2. The number of pyridine rings is 1. The number of amides is 1. The zero-order chi connectivity index (χ0) is 22.6. The number of ether oxygens (including phenoxy) is 1. The van der Waals surface area contributed by atoms with Crippen molar-refractivity contribution in [2.75, 3.05) is 0 Å². The molecule has 1 aliphatic rings. The quantitative estimate of drug-likeness (QED) is 0.476. The summed E-state index contributed by atoms with van der Waals surface area (Å²) >= 11 is 1.76. The zero-order valence-electron chi connectivity index (χ0n) is 19.8. The molecular weight excluding hydrogens is 404 g/mol. The van der Waals surface area contributed by atoms with Gasteiger partial charge in [0, 0.05) is 23.9 Å². The molecule has 1 aromatic carbocycles. The van der Waals surface area contributed by atoms with E-state index < -0.39 is 5.60 Å².